The van der Waals surface area contributed by atoms with E-state index < -0.39 is 6.16 Å². The van der Waals surface area contributed by atoms with Gasteiger partial charge in [-0.1, -0.05) is 0 Å². The highest BCUT2D eigenvalue weighted by Gasteiger charge is 1.88. The smallest absolute Gasteiger partial charge is 0.438 e. The fourth-order valence-electron chi connectivity index (χ4n) is 0.0833. The molecule has 7 heavy (non-hydrogen) atoms. The van der Waals surface area contributed by atoms with Crippen molar-refractivity contribution in [3.05, 3.63) is 7.43 Å². The summed E-state index contributed by atoms with van der Waals surface area (Å²) in [5, 5.41) is 0. The molecule has 0 unspecified atom stereocenters. The fourth-order valence-corrected chi connectivity index (χ4v) is 0.0833. The Kier molecular flexibility index (Phi) is 7.19. The van der Waals surface area contributed by atoms with Gasteiger partial charge in [0, 0.05) is 7.43 Å². The molecule has 4 radical (unpaired) electrons. The summed E-state index contributed by atoms with van der Waals surface area (Å²) in [6, 6.07) is 0. The molecule has 0 fully saturated rings. The summed E-state index contributed by atoms with van der Waals surface area (Å²) < 4.78 is 8.08. The van der Waals surface area contributed by atoms with Crippen molar-refractivity contribution in [1.29, 1.82) is 0 Å². The molecule has 0 saturated carbocycles. The Hall–Kier alpha value is -0.730. The van der Waals surface area contributed by atoms with Crippen molar-refractivity contribution in [2.75, 3.05) is 14.2 Å². The van der Waals surface area contributed by atoms with Crippen LogP contribution in [-0.4, -0.2) is 20.4 Å². The lowest BCUT2D eigenvalue weighted by Gasteiger charge is -1.89. The van der Waals surface area contributed by atoms with Crippen LogP contribution in [0.3, 0.4) is 0 Å². The molecule has 0 spiro atoms. The molecule has 0 aliphatic heterocycles. The van der Waals surface area contributed by atoms with Gasteiger partial charge in [-0.2, -0.15) is 0 Å². The summed E-state index contributed by atoms with van der Waals surface area (Å²) >= 11 is 0. The molecule has 0 bridgehead atoms. The Morgan fingerprint density at radius 2 is 1.57 bits per heavy atom. The van der Waals surface area contributed by atoms with Gasteiger partial charge in [-0.05, 0) is 0 Å². The molecular formula is C4H6O3. The lowest BCUT2D eigenvalue weighted by Crippen LogP contribution is -1.97. The zero-order chi connectivity index (χ0) is 4.99. The van der Waals surface area contributed by atoms with E-state index in [0.29, 0.717) is 0 Å². The average Bonchev–Trinajstić information content (AvgIpc) is 1.65. The van der Waals surface area contributed by atoms with Gasteiger partial charge in [0.2, 0.25) is 0 Å². The average molecular weight is 102 g/mol. The Labute approximate surface area is 43.2 Å². The zero-order valence-corrected chi connectivity index (χ0v) is 4.22. The molecule has 0 saturated heterocycles. The molecular weight excluding hydrogens is 96.0 g/mol. The molecule has 0 aliphatic rings. The lowest BCUT2D eigenvalue weighted by atomic mass is 11.3. The van der Waals surface area contributed by atoms with Gasteiger partial charge < -0.3 is 9.47 Å². The van der Waals surface area contributed by atoms with Crippen LogP contribution in [0.2, 0.25) is 0 Å². The molecule has 0 heterocycles. The van der Waals surface area contributed by atoms with Crippen LogP contribution in [0.1, 0.15) is 0 Å². The number of methoxy groups -OCH3 is 2. The van der Waals surface area contributed by atoms with E-state index >= 15 is 0 Å². The summed E-state index contributed by atoms with van der Waals surface area (Å²) in [6.45, 7) is 0. The summed E-state index contributed by atoms with van der Waals surface area (Å²) in [5.74, 6) is 0. The standard InChI is InChI=1S/C3H6O3.C/c1-5-3(4)6-2;/h1-2H3;. The van der Waals surface area contributed by atoms with E-state index in [-0.39, 0.29) is 7.43 Å². The van der Waals surface area contributed by atoms with E-state index in [0.717, 1.165) is 0 Å². The molecule has 3 heteroatoms. The van der Waals surface area contributed by atoms with Crippen molar-refractivity contribution in [3.8, 4) is 0 Å². The lowest BCUT2D eigenvalue weighted by molar-refractivity contribution is 0.0924. The molecule has 0 amide bonds. The predicted octanol–water partition coefficient (Wildman–Crippen LogP) is 0.480. The highest BCUT2D eigenvalue weighted by Crippen LogP contribution is 1.72. The molecule has 0 aromatic carbocycles. The van der Waals surface area contributed by atoms with Crippen molar-refractivity contribution in [2.45, 2.75) is 0 Å². The molecule has 0 aromatic heterocycles. The van der Waals surface area contributed by atoms with Crippen molar-refractivity contribution in [1.82, 2.24) is 0 Å². The third-order valence-electron chi connectivity index (χ3n) is 0.333. The maximum absolute atomic E-state index is 9.74. The van der Waals surface area contributed by atoms with E-state index in [9.17, 15) is 4.79 Å². The van der Waals surface area contributed by atoms with Gasteiger partial charge in [0.05, 0.1) is 14.2 Å². The van der Waals surface area contributed by atoms with Gasteiger partial charge in [0.25, 0.3) is 0 Å². The van der Waals surface area contributed by atoms with Crippen LogP contribution >= 0.6 is 0 Å². The Morgan fingerprint density at radius 1 is 1.29 bits per heavy atom. The minimum atomic E-state index is -0.657. The second-order valence-electron chi connectivity index (χ2n) is 0.658. The zero-order valence-electron chi connectivity index (χ0n) is 4.22. The number of rotatable bonds is 0. The van der Waals surface area contributed by atoms with Crippen molar-refractivity contribution < 1.29 is 14.3 Å². The molecule has 3 nitrogen and oxygen atoms in total. The second kappa shape index (κ2) is 5.27. The maximum Gasteiger partial charge on any atom is 0.507 e. The topological polar surface area (TPSA) is 35.5 Å². The first-order chi connectivity index (χ1) is 2.81. The van der Waals surface area contributed by atoms with Crippen molar-refractivity contribution in [3.63, 3.8) is 0 Å². The molecule has 0 atom stereocenters. The SMILES string of the molecule is COC(=O)OC.[C]. The largest absolute Gasteiger partial charge is 0.507 e. The Morgan fingerprint density at radius 3 is 1.57 bits per heavy atom. The van der Waals surface area contributed by atoms with Gasteiger partial charge in [0.15, 0.2) is 0 Å². The normalized spacial score (nSPS) is 6.00. The summed E-state index contributed by atoms with van der Waals surface area (Å²) in [4.78, 5) is 9.74. The molecule has 0 rings (SSSR count). The van der Waals surface area contributed by atoms with Crippen molar-refractivity contribution >= 4 is 6.16 Å². The highest BCUT2D eigenvalue weighted by molar-refractivity contribution is 5.59. The van der Waals surface area contributed by atoms with Crippen LogP contribution in [0.25, 0.3) is 0 Å². The third-order valence-corrected chi connectivity index (χ3v) is 0.333. The first-order valence-electron chi connectivity index (χ1n) is 1.43. The van der Waals surface area contributed by atoms with Crippen LogP contribution in [0.5, 0.6) is 0 Å². The molecule has 40 valence electrons. The summed E-state index contributed by atoms with van der Waals surface area (Å²) in [5.41, 5.74) is 0. The van der Waals surface area contributed by atoms with Gasteiger partial charge >= 0.3 is 6.16 Å². The van der Waals surface area contributed by atoms with Crippen LogP contribution in [0, 0.1) is 7.43 Å². The van der Waals surface area contributed by atoms with Gasteiger partial charge in [-0.15, -0.1) is 0 Å². The van der Waals surface area contributed by atoms with Gasteiger partial charge in [0.1, 0.15) is 0 Å². The third kappa shape index (κ3) is 5.27. The van der Waals surface area contributed by atoms with E-state index in [1.807, 2.05) is 0 Å². The van der Waals surface area contributed by atoms with Gasteiger partial charge in [-0.25, -0.2) is 4.79 Å². The van der Waals surface area contributed by atoms with E-state index in [1.54, 1.807) is 0 Å². The summed E-state index contributed by atoms with van der Waals surface area (Å²) in [7, 11) is 2.51. The van der Waals surface area contributed by atoms with Crippen LogP contribution < -0.4 is 0 Å². The van der Waals surface area contributed by atoms with E-state index in [2.05, 4.69) is 9.47 Å². The van der Waals surface area contributed by atoms with Crippen LogP contribution in [0.15, 0.2) is 0 Å². The van der Waals surface area contributed by atoms with Crippen LogP contribution in [0.4, 0.5) is 4.79 Å². The highest BCUT2D eigenvalue weighted by atomic mass is 16.7. The fraction of sp³-hybridized carbons (Fsp3) is 0.500. The maximum atomic E-state index is 9.74. The first kappa shape index (κ1) is 9.55. The number of ether oxygens (including phenoxy) is 2. The van der Waals surface area contributed by atoms with Crippen LogP contribution in [-0.2, 0) is 9.47 Å². The van der Waals surface area contributed by atoms with E-state index in [4.69, 9.17) is 0 Å². The molecule has 0 aliphatic carbocycles. The number of carbonyl (C=O) groups excluding carboxylic acids is 1. The van der Waals surface area contributed by atoms with Crippen molar-refractivity contribution in [2.24, 2.45) is 0 Å². The quantitative estimate of drug-likeness (QED) is 0.417. The minimum Gasteiger partial charge on any atom is -0.438 e. The predicted molar refractivity (Wildman–Crippen MR) is 22.7 cm³/mol. The first-order valence-corrected chi connectivity index (χ1v) is 1.43. The summed E-state index contributed by atoms with van der Waals surface area (Å²) in [6.07, 6.45) is -0.657. The van der Waals surface area contributed by atoms with Gasteiger partial charge in [-0.3, -0.25) is 0 Å². The minimum absolute atomic E-state index is 0. The molecule has 0 aromatic rings. The molecule has 0 N–H and O–H groups in total. The van der Waals surface area contributed by atoms with E-state index in [1.165, 1.54) is 14.2 Å². The Bertz CT molecular complexity index is 44.9. The second-order valence-corrected chi connectivity index (χ2v) is 0.658. The number of hydrogen-bond donors (Lipinski definition) is 0. The Balaban J connectivity index is 0. The number of carbonyl (C=O) groups is 1. The monoisotopic (exact) mass is 102 g/mol. The number of hydrogen-bond acceptors (Lipinski definition) is 3.